The van der Waals surface area contributed by atoms with Crippen molar-refractivity contribution in [1.29, 1.82) is 0 Å². The number of imide groups is 2. The van der Waals surface area contributed by atoms with Gasteiger partial charge in [0.2, 0.25) is 11.8 Å². The number of nitro groups is 2. The summed E-state index contributed by atoms with van der Waals surface area (Å²) in [5.74, 6) is -9.03. The van der Waals surface area contributed by atoms with Crippen LogP contribution in [0, 0.1) is 49.7 Å². The molecule has 0 bridgehead atoms. The van der Waals surface area contributed by atoms with E-state index in [9.17, 15) is 44.1 Å². The fourth-order valence-corrected chi connectivity index (χ4v) is 9.73. The van der Waals surface area contributed by atoms with E-state index in [0.717, 1.165) is 34.2 Å². The SMILES string of the molecule is COc1ccc(C2C3=CCC4C(=O)N(c5cc([N+](=O)[O-])c(N(C)C)c([N+](=O)[O-])c5)C(=O)C4C3CC3C(=O)N(Nc4ccc(F)cc4)C(=O)C32c2ccc(Cl)cc2)c(O)c1. The van der Waals surface area contributed by atoms with E-state index in [1.54, 1.807) is 42.5 Å². The predicted molar refractivity (Wildman–Crippen MR) is 210 cm³/mol. The molecular formula is C41H34ClFN6O10. The molecule has 4 amide bonds. The van der Waals surface area contributed by atoms with Crippen molar-refractivity contribution in [3.8, 4) is 11.5 Å². The minimum absolute atomic E-state index is 0.0496. The summed E-state index contributed by atoms with van der Waals surface area (Å²) in [5.41, 5.74) is 0.242. The smallest absolute Gasteiger partial charge is 0.301 e. The summed E-state index contributed by atoms with van der Waals surface area (Å²) in [6.45, 7) is 0. The number of benzene rings is 4. The van der Waals surface area contributed by atoms with Gasteiger partial charge in [0.05, 0.1) is 51.5 Å². The Balaban J connectivity index is 1.32. The summed E-state index contributed by atoms with van der Waals surface area (Å²) in [5, 5.41) is 37.4. The Morgan fingerprint density at radius 2 is 1.54 bits per heavy atom. The van der Waals surface area contributed by atoms with Gasteiger partial charge in [-0.2, -0.15) is 5.01 Å². The van der Waals surface area contributed by atoms with E-state index in [4.69, 9.17) is 16.3 Å². The van der Waals surface area contributed by atoms with Gasteiger partial charge in [0.25, 0.3) is 11.8 Å². The van der Waals surface area contributed by atoms with Crippen LogP contribution in [0.25, 0.3) is 0 Å². The van der Waals surface area contributed by atoms with Crippen molar-refractivity contribution < 1.29 is 43.3 Å². The highest BCUT2D eigenvalue weighted by Crippen LogP contribution is 2.65. The van der Waals surface area contributed by atoms with E-state index in [1.165, 1.54) is 44.3 Å². The summed E-state index contributed by atoms with van der Waals surface area (Å²) < 4.78 is 19.3. The highest BCUT2D eigenvalue weighted by Gasteiger charge is 2.70. The molecule has 59 heavy (non-hydrogen) atoms. The van der Waals surface area contributed by atoms with Gasteiger partial charge in [-0.3, -0.25) is 44.8 Å². The zero-order valence-corrected chi connectivity index (χ0v) is 32.3. The number of fused-ring (bicyclic) bond motifs is 4. The molecule has 6 unspecified atom stereocenters. The minimum atomic E-state index is -1.79. The quantitative estimate of drug-likeness (QED) is 0.0830. The Morgan fingerprint density at radius 1 is 0.898 bits per heavy atom. The van der Waals surface area contributed by atoms with Crippen LogP contribution in [0.1, 0.15) is 29.9 Å². The highest BCUT2D eigenvalue weighted by molar-refractivity contribution is 6.30. The number of amides is 4. The van der Waals surface area contributed by atoms with Crippen molar-refractivity contribution in [2.24, 2.45) is 23.7 Å². The first kappa shape index (κ1) is 39.0. The number of halogens is 2. The average molecular weight is 825 g/mol. The van der Waals surface area contributed by atoms with Gasteiger partial charge in [0, 0.05) is 48.8 Å². The van der Waals surface area contributed by atoms with E-state index in [0.29, 0.717) is 16.2 Å². The fraction of sp³-hybridized carbons (Fsp3) is 0.268. The maximum Gasteiger partial charge on any atom is 0.301 e. The molecule has 2 N–H and O–H groups in total. The second-order valence-corrected chi connectivity index (χ2v) is 15.5. The summed E-state index contributed by atoms with van der Waals surface area (Å²) >= 11 is 6.34. The van der Waals surface area contributed by atoms with Gasteiger partial charge in [-0.15, -0.1) is 0 Å². The highest BCUT2D eigenvalue weighted by atomic mass is 35.5. The monoisotopic (exact) mass is 824 g/mol. The first-order valence-corrected chi connectivity index (χ1v) is 18.7. The molecule has 0 radical (unpaired) electrons. The van der Waals surface area contributed by atoms with E-state index in [2.05, 4.69) is 5.43 Å². The molecule has 3 fully saturated rings. The predicted octanol–water partition coefficient (Wildman–Crippen LogP) is 6.27. The molecule has 0 aromatic heterocycles. The van der Waals surface area contributed by atoms with E-state index in [1.807, 2.05) is 0 Å². The maximum atomic E-state index is 15.3. The fourth-order valence-electron chi connectivity index (χ4n) is 9.60. The van der Waals surface area contributed by atoms with Gasteiger partial charge < -0.3 is 14.7 Å². The zero-order chi connectivity index (χ0) is 42.2. The molecule has 8 rings (SSSR count). The number of nitro benzene ring substituents is 2. The molecule has 302 valence electrons. The van der Waals surface area contributed by atoms with Crippen molar-refractivity contribution in [3.63, 3.8) is 0 Å². The van der Waals surface area contributed by atoms with Gasteiger partial charge in [0.1, 0.15) is 17.3 Å². The van der Waals surface area contributed by atoms with E-state index >= 15 is 4.79 Å². The number of anilines is 3. The normalized spacial score (nSPS) is 24.6. The molecule has 0 spiro atoms. The number of phenols is 1. The molecule has 16 nitrogen and oxygen atoms in total. The van der Waals surface area contributed by atoms with Crippen LogP contribution in [0.15, 0.2) is 90.5 Å². The third-order valence-corrected chi connectivity index (χ3v) is 12.2. The van der Waals surface area contributed by atoms with Gasteiger partial charge >= 0.3 is 11.4 Å². The van der Waals surface area contributed by atoms with Crippen LogP contribution in [0.5, 0.6) is 11.5 Å². The number of ether oxygens (including phenoxy) is 1. The number of carbonyl (C=O) groups is 4. The molecule has 2 aliphatic heterocycles. The Kier molecular flexibility index (Phi) is 9.37. The number of carbonyl (C=O) groups excluding carboxylic acids is 4. The lowest BCUT2D eigenvalue weighted by Gasteiger charge is -2.50. The molecule has 18 heteroatoms. The summed E-state index contributed by atoms with van der Waals surface area (Å²) in [6, 6.07) is 17.8. The lowest BCUT2D eigenvalue weighted by atomic mass is 9.49. The number of rotatable bonds is 9. The molecule has 2 saturated heterocycles. The maximum absolute atomic E-state index is 15.3. The largest absolute Gasteiger partial charge is 0.508 e. The Bertz CT molecular complexity index is 2500. The number of hydrogen-bond donors (Lipinski definition) is 2. The molecule has 4 aliphatic rings. The van der Waals surface area contributed by atoms with Gasteiger partial charge in [0.15, 0.2) is 5.69 Å². The van der Waals surface area contributed by atoms with Crippen LogP contribution < -0.4 is 20.0 Å². The first-order chi connectivity index (χ1) is 28.1. The second kappa shape index (κ2) is 14.2. The van der Waals surface area contributed by atoms with Crippen molar-refractivity contribution >= 4 is 63.7 Å². The molecule has 4 aromatic carbocycles. The molecular weight excluding hydrogens is 791 g/mol. The van der Waals surface area contributed by atoms with Crippen LogP contribution in [0.4, 0.5) is 32.8 Å². The number of phenolic OH excluding ortho intramolecular Hbond substituents is 1. The average Bonchev–Trinajstić information content (AvgIpc) is 3.58. The lowest BCUT2D eigenvalue weighted by Crippen LogP contribution is -2.53. The van der Waals surface area contributed by atoms with Gasteiger partial charge in [-0.1, -0.05) is 41.4 Å². The third-order valence-electron chi connectivity index (χ3n) is 12.0. The number of hydrogen-bond acceptors (Lipinski definition) is 12. The summed E-state index contributed by atoms with van der Waals surface area (Å²) in [7, 11) is 4.18. The number of aromatic hydroxyl groups is 1. The van der Waals surface area contributed by atoms with Gasteiger partial charge in [-0.25, -0.2) is 9.29 Å². The standard InChI is InChI=1S/C41H34ClFN6O10/c1-45(2)36-31(48(55)56)16-24(17-32(36)49(57)58)46-37(51)28-15-14-26-29(34(28)39(46)53)19-30-38(52)47(44-23-10-8-22(43)9-11-23)40(54)41(30,20-4-6-21(42)7-5-20)35(26)27-13-12-25(59-3)18-33(27)50/h4-14,16-18,28-30,34-35,44,50H,15,19H2,1-3H3. The van der Waals surface area contributed by atoms with Crippen molar-refractivity contribution in [3.05, 3.63) is 133 Å². The summed E-state index contributed by atoms with van der Waals surface area (Å²) in [4.78, 5) is 84.0. The molecule has 1 saturated carbocycles. The number of nitrogens with zero attached hydrogens (tertiary/aromatic N) is 5. The Hall–Kier alpha value is -6.88. The first-order valence-electron chi connectivity index (χ1n) is 18.4. The van der Waals surface area contributed by atoms with Crippen LogP contribution >= 0.6 is 11.6 Å². The lowest BCUT2D eigenvalue weighted by molar-refractivity contribution is -0.392. The number of hydrazine groups is 1. The number of methoxy groups -OCH3 is 1. The number of nitrogens with one attached hydrogen (secondary N) is 1. The topological polar surface area (TPSA) is 206 Å². The second-order valence-electron chi connectivity index (χ2n) is 15.1. The van der Waals surface area contributed by atoms with E-state index in [-0.39, 0.29) is 47.0 Å². The van der Waals surface area contributed by atoms with Gasteiger partial charge in [-0.05, 0) is 66.8 Å². The molecule has 4 aromatic rings. The number of allylic oxidation sites excluding steroid dienone is 2. The minimum Gasteiger partial charge on any atom is -0.508 e. The summed E-state index contributed by atoms with van der Waals surface area (Å²) in [6.07, 6.45) is 1.53. The zero-order valence-electron chi connectivity index (χ0n) is 31.5. The molecule has 6 atom stereocenters. The van der Waals surface area contributed by atoms with Crippen molar-refractivity contribution in [2.45, 2.75) is 24.2 Å². The van der Waals surface area contributed by atoms with E-state index < -0.39 is 85.7 Å². The Morgan fingerprint density at radius 3 is 2.12 bits per heavy atom. The Labute approximate surface area is 339 Å². The van der Waals surface area contributed by atoms with Crippen molar-refractivity contribution in [2.75, 3.05) is 36.4 Å². The van der Waals surface area contributed by atoms with Crippen LogP contribution in [0.3, 0.4) is 0 Å². The van der Waals surface area contributed by atoms with Crippen molar-refractivity contribution in [1.82, 2.24) is 5.01 Å². The molecule has 2 heterocycles. The van der Waals surface area contributed by atoms with Crippen LogP contribution in [-0.2, 0) is 24.6 Å². The third kappa shape index (κ3) is 5.86. The molecule has 2 aliphatic carbocycles. The van der Waals surface area contributed by atoms with Crippen LogP contribution in [-0.4, -0.2) is 64.8 Å². The van der Waals surface area contributed by atoms with Crippen LogP contribution in [0.2, 0.25) is 5.02 Å².